The molecule has 0 saturated heterocycles. The van der Waals surface area contributed by atoms with E-state index < -0.39 is 0 Å². The number of ether oxygens (including phenoxy) is 1. The fourth-order valence-corrected chi connectivity index (χ4v) is 3.61. The van der Waals surface area contributed by atoms with Gasteiger partial charge in [-0.15, -0.1) is 11.3 Å². The van der Waals surface area contributed by atoms with Gasteiger partial charge in [0.2, 0.25) is 5.91 Å². The first-order valence-electron chi connectivity index (χ1n) is 8.03. The fourth-order valence-electron chi connectivity index (χ4n) is 2.55. The molecule has 1 aromatic carbocycles. The molecule has 3 rings (SSSR count). The minimum absolute atomic E-state index is 0.129. The molecule has 1 amide bonds. The Balaban J connectivity index is 1.47. The van der Waals surface area contributed by atoms with Crippen molar-refractivity contribution in [2.45, 2.75) is 26.3 Å². The minimum atomic E-state index is -0.311. The molecule has 0 fully saturated rings. The van der Waals surface area contributed by atoms with E-state index in [1.165, 1.54) is 17.0 Å². The van der Waals surface area contributed by atoms with E-state index in [-0.39, 0.29) is 24.8 Å². The van der Waals surface area contributed by atoms with Crippen LogP contribution >= 0.6 is 11.3 Å². The van der Waals surface area contributed by atoms with E-state index in [2.05, 4.69) is 22.1 Å². The van der Waals surface area contributed by atoms with Crippen LogP contribution in [0.25, 0.3) is 0 Å². The number of halogens is 1. The van der Waals surface area contributed by atoms with Crippen molar-refractivity contribution in [2.24, 2.45) is 0 Å². The van der Waals surface area contributed by atoms with Gasteiger partial charge in [-0.1, -0.05) is 6.92 Å². The lowest BCUT2D eigenvalue weighted by Crippen LogP contribution is -2.29. The quantitative estimate of drug-likeness (QED) is 0.871. The number of anilines is 1. The van der Waals surface area contributed by atoms with Crippen LogP contribution in [-0.4, -0.2) is 35.5 Å². The number of aromatic nitrogens is 1. The molecule has 2 aromatic rings. The molecule has 2 heterocycles. The van der Waals surface area contributed by atoms with Crippen molar-refractivity contribution in [1.82, 2.24) is 9.88 Å². The SMILES string of the molecule is CCN1CCc2nc(NC(=O)CCOc3ccc(F)cc3)sc2C1. The first kappa shape index (κ1) is 16.9. The largest absolute Gasteiger partial charge is 0.493 e. The molecule has 1 aromatic heterocycles. The van der Waals surface area contributed by atoms with Crippen LogP contribution in [0.3, 0.4) is 0 Å². The number of hydrogen-bond acceptors (Lipinski definition) is 5. The zero-order valence-electron chi connectivity index (χ0n) is 13.5. The maximum absolute atomic E-state index is 12.8. The van der Waals surface area contributed by atoms with Crippen LogP contribution in [0.5, 0.6) is 5.75 Å². The molecule has 0 radical (unpaired) electrons. The number of rotatable bonds is 6. The second-order valence-corrected chi connectivity index (χ2v) is 6.69. The number of hydrogen-bond donors (Lipinski definition) is 1. The third kappa shape index (κ3) is 4.30. The Morgan fingerprint density at radius 2 is 2.21 bits per heavy atom. The zero-order valence-corrected chi connectivity index (χ0v) is 14.4. The van der Waals surface area contributed by atoms with Gasteiger partial charge in [-0.25, -0.2) is 9.37 Å². The topological polar surface area (TPSA) is 54.5 Å². The number of fused-ring (bicyclic) bond motifs is 1. The molecule has 1 N–H and O–H groups in total. The molecular weight excluding hydrogens is 329 g/mol. The van der Waals surface area contributed by atoms with Crippen molar-refractivity contribution in [3.63, 3.8) is 0 Å². The van der Waals surface area contributed by atoms with Gasteiger partial charge in [0.25, 0.3) is 0 Å². The highest BCUT2D eigenvalue weighted by Crippen LogP contribution is 2.28. The summed E-state index contributed by atoms with van der Waals surface area (Å²) in [4.78, 5) is 20.1. The summed E-state index contributed by atoms with van der Waals surface area (Å²) in [5.74, 6) is 0.110. The smallest absolute Gasteiger partial charge is 0.229 e. The second-order valence-electron chi connectivity index (χ2n) is 5.61. The normalized spacial score (nSPS) is 14.2. The molecule has 5 nitrogen and oxygen atoms in total. The summed E-state index contributed by atoms with van der Waals surface area (Å²) in [6.07, 6.45) is 1.16. The van der Waals surface area contributed by atoms with Crippen LogP contribution in [-0.2, 0) is 17.8 Å². The molecule has 128 valence electrons. The van der Waals surface area contributed by atoms with Gasteiger partial charge < -0.3 is 10.1 Å². The van der Waals surface area contributed by atoms with Gasteiger partial charge in [0.1, 0.15) is 11.6 Å². The molecule has 0 aliphatic carbocycles. The van der Waals surface area contributed by atoms with E-state index in [9.17, 15) is 9.18 Å². The van der Waals surface area contributed by atoms with Gasteiger partial charge in [0.05, 0.1) is 18.7 Å². The molecule has 7 heteroatoms. The summed E-state index contributed by atoms with van der Waals surface area (Å²) in [5, 5.41) is 3.49. The molecule has 0 unspecified atom stereocenters. The molecular formula is C17H20FN3O2S. The summed E-state index contributed by atoms with van der Waals surface area (Å²) in [6, 6.07) is 5.74. The van der Waals surface area contributed by atoms with Crippen LogP contribution < -0.4 is 10.1 Å². The number of carbonyl (C=O) groups excluding carboxylic acids is 1. The van der Waals surface area contributed by atoms with Crippen molar-refractivity contribution in [2.75, 3.05) is 25.0 Å². The lowest BCUT2D eigenvalue weighted by Gasteiger charge is -2.23. The number of likely N-dealkylation sites (N-methyl/N-ethyl adjacent to an activating group) is 1. The fraction of sp³-hybridized carbons (Fsp3) is 0.412. The Morgan fingerprint density at radius 1 is 1.42 bits per heavy atom. The van der Waals surface area contributed by atoms with Crippen LogP contribution in [0.4, 0.5) is 9.52 Å². The number of benzene rings is 1. The number of thiazole rings is 1. The van der Waals surface area contributed by atoms with Gasteiger partial charge in [0, 0.05) is 24.4 Å². The van der Waals surface area contributed by atoms with Gasteiger partial charge in [-0.3, -0.25) is 9.69 Å². The standard InChI is InChI=1S/C17H20FN3O2S/c1-2-21-9-7-14-15(11-21)24-17(19-14)20-16(22)8-10-23-13-5-3-12(18)4-6-13/h3-6H,2,7-11H2,1H3,(H,19,20,22). The second kappa shape index (κ2) is 7.72. The summed E-state index contributed by atoms with van der Waals surface area (Å²) in [7, 11) is 0. The van der Waals surface area contributed by atoms with Crippen LogP contribution in [0.15, 0.2) is 24.3 Å². The van der Waals surface area contributed by atoms with Crippen LogP contribution in [0.2, 0.25) is 0 Å². The first-order chi connectivity index (χ1) is 11.6. The average Bonchev–Trinajstić information content (AvgIpc) is 2.97. The highest BCUT2D eigenvalue weighted by atomic mass is 32.1. The Bertz CT molecular complexity index is 702. The Morgan fingerprint density at radius 3 is 2.96 bits per heavy atom. The maximum Gasteiger partial charge on any atom is 0.229 e. The van der Waals surface area contributed by atoms with Gasteiger partial charge >= 0.3 is 0 Å². The molecule has 0 bridgehead atoms. The van der Waals surface area contributed by atoms with Crippen molar-refractivity contribution < 1.29 is 13.9 Å². The minimum Gasteiger partial charge on any atom is -0.493 e. The lowest BCUT2D eigenvalue weighted by atomic mass is 10.2. The monoisotopic (exact) mass is 349 g/mol. The third-order valence-electron chi connectivity index (χ3n) is 3.92. The van der Waals surface area contributed by atoms with Crippen molar-refractivity contribution in [3.8, 4) is 5.75 Å². The summed E-state index contributed by atoms with van der Waals surface area (Å²) < 4.78 is 18.2. The van der Waals surface area contributed by atoms with Gasteiger partial charge in [-0.05, 0) is 30.8 Å². The number of nitrogens with zero attached hydrogens (tertiary/aromatic N) is 2. The number of nitrogens with one attached hydrogen (secondary N) is 1. The zero-order chi connectivity index (χ0) is 16.9. The van der Waals surface area contributed by atoms with Crippen molar-refractivity contribution >= 4 is 22.4 Å². The highest BCUT2D eigenvalue weighted by Gasteiger charge is 2.20. The highest BCUT2D eigenvalue weighted by molar-refractivity contribution is 7.15. The third-order valence-corrected chi connectivity index (χ3v) is 4.91. The predicted molar refractivity (Wildman–Crippen MR) is 91.9 cm³/mol. The van der Waals surface area contributed by atoms with E-state index in [0.29, 0.717) is 10.9 Å². The Hall–Kier alpha value is -1.99. The maximum atomic E-state index is 12.8. The van der Waals surface area contributed by atoms with E-state index in [4.69, 9.17) is 4.74 Å². The number of carbonyl (C=O) groups is 1. The van der Waals surface area contributed by atoms with Crippen molar-refractivity contribution in [1.29, 1.82) is 0 Å². The molecule has 24 heavy (non-hydrogen) atoms. The van der Waals surface area contributed by atoms with E-state index in [1.54, 1.807) is 23.5 Å². The first-order valence-corrected chi connectivity index (χ1v) is 8.85. The van der Waals surface area contributed by atoms with E-state index in [1.807, 2.05) is 0 Å². The van der Waals surface area contributed by atoms with E-state index in [0.717, 1.165) is 31.7 Å². The molecule has 0 spiro atoms. The van der Waals surface area contributed by atoms with Crippen LogP contribution in [0, 0.1) is 5.82 Å². The molecule has 1 aliphatic heterocycles. The number of amides is 1. The van der Waals surface area contributed by atoms with Crippen molar-refractivity contribution in [3.05, 3.63) is 40.7 Å². The van der Waals surface area contributed by atoms with E-state index >= 15 is 0 Å². The Kier molecular flexibility index (Phi) is 5.42. The molecule has 0 atom stereocenters. The summed E-state index contributed by atoms with van der Waals surface area (Å²) >= 11 is 1.55. The lowest BCUT2D eigenvalue weighted by molar-refractivity contribution is -0.116. The Labute approximate surface area is 144 Å². The van der Waals surface area contributed by atoms with Gasteiger partial charge in [-0.2, -0.15) is 0 Å². The summed E-state index contributed by atoms with van der Waals surface area (Å²) in [5.41, 5.74) is 1.10. The molecule has 1 aliphatic rings. The predicted octanol–water partition coefficient (Wildman–Crippen LogP) is 3.07. The average molecular weight is 349 g/mol. The molecule has 0 saturated carbocycles. The summed E-state index contributed by atoms with van der Waals surface area (Å²) in [6.45, 7) is 5.35. The van der Waals surface area contributed by atoms with Crippen LogP contribution in [0.1, 0.15) is 23.9 Å². The van der Waals surface area contributed by atoms with Gasteiger partial charge in [0.15, 0.2) is 5.13 Å².